The Hall–Kier alpha value is -0.0900. The van der Waals surface area contributed by atoms with Crippen molar-refractivity contribution in [3.05, 3.63) is 33.4 Å². The smallest absolute Gasteiger partial charge is 0.119 e. The highest BCUT2D eigenvalue weighted by Crippen LogP contribution is 2.06. The van der Waals surface area contributed by atoms with Crippen LogP contribution in [0.3, 0.4) is 0 Å². The Labute approximate surface area is 71.3 Å². The normalized spacial score (nSPS) is 13.1. The van der Waals surface area contributed by atoms with E-state index < -0.39 is 0 Å². The Morgan fingerprint density at radius 3 is 3.22 bits per heavy atom. The summed E-state index contributed by atoms with van der Waals surface area (Å²) in [6.07, 6.45) is 0. The van der Waals surface area contributed by atoms with Gasteiger partial charge in [0.1, 0.15) is 2.82 Å². The highest BCUT2D eigenvalue weighted by molar-refractivity contribution is 14.1. The molecule has 0 radical (unpaired) electrons. The van der Waals surface area contributed by atoms with Crippen LogP contribution < -0.4 is 5.72 Å². The molecule has 9 heavy (non-hydrogen) atoms. The number of hydrogen-bond donors (Lipinski definition) is 1. The average molecular weight is 235 g/mol. The standard InChI is InChI=1S/C7H8IN/c8-7-3-1-2-6(4-7)5-9/h1-4H,5,9H2/i/hD2. The van der Waals surface area contributed by atoms with Crippen molar-refractivity contribution < 1.29 is 2.82 Å². The third-order valence-corrected chi connectivity index (χ3v) is 1.74. The maximum absolute atomic E-state index is 6.88. The van der Waals surface area contributed by atoms with E-state index in [1.807, 2.05) is 24.3 Å². The minimum Gasteiger partial charge on any atom is -0.326 e. The molecule has 0 aliphatic rings. The van der Waals surface area contributed by atoms with Crippen molar-refractivity contribution in [2.45, 2.75) is 6.54 Å². The van der Waals surface area contributed by atoms with Crippen molar-refractivity contribution >= 4 is 22.6 Å². The summed E-state index contributed by atoms with van der Waals surface area (Å²) in [5.74, 6) is 0. The summed E-state index contributed by atoms with van der Waals surface area (Å²) in [5, 5.41) is 0. The number of halogens is 1. The van der Waals surface area contributed by atoms with Gasteiger partial charge in [0, 0.05) is 10.1 Å². The molecule has 0 aliphatic carbocycles. The van der Waals surface area contributed by atoms with Gasteiger partial charge in [-0.1, -0.05) is 12.1 Å². The van der Waals surface area contributed by atoms with E-state index in [1.165, 1.54) is 0 Å². The summed E-state index contributed by atoms with van der Waals surface area (Å²) < 4.78 is 14.9. The predicted molar refractivity (Wildman–Crippen MR) is 47.1 cm³/mol. The molecule has 0 saturated heterocycles. The van der Waals surface area contributed by atoms with E-state index in [2.05, 4.69) is 22.6 Å². The third kappa shape index (κ3) is 1.95. The molecule has 0 atom stereocenters. The van der Waals surface area contributed by atoms with Gasteiger partial charge in [0.15, 0.2) is 0 Å². The average Bonchev–Trinajstić information content (AvgIpc) is 1.85. The quantitative estimate of drug-likeness (QED) is 0.776. The molecule has 0 spiro atoms. The molecule has 0 aliphatic heterocycles. The maximum Gasteiger partial charge on any atom is 0.119 e. The molecule has 0 unspecified atom stereocenters. The Morgan fingerprint density at radius 1 is 1.67 bits per heavy atom. The van der Waals surface area contributed by atoms with Crippen molar-refractivity contribution in [3.8, 4) is 0 Å². The molecule has 1 rings (SSSR count). The van der Waals surface area contributed by atoms with Gasteiger partial charge in [0.05, 0.1) is 0 Å². The molecule has 1 aromatic carbocycles. The SMILES string of the molecule is [2H]N([2H])Cc1cccc(I)c1. The van der Waals surface area contributed by atoms with Gasteiger partial charge in [-0.15, -0.1) is 0 Å². The molecule has 1 aromatic rings. The van der Waals surface area contributed by atoms with Gasteiger partial charge in [0.2, 0.25) is 0 Å². The molecule has 1 nitrogen and oxygen atoms in total. The van der Waals surface area contributed by atoms with Crippen molar-refractivity contribution in [2.75, 3.05) is 0 Å². The molecule has 0 bridgehead atoms. The van der Waals surface area contributed by atoms with Gasteiger partial charge < -0.3 is 5.72 Å². The molecular formula is C7H8IN. The second-order valence-electron chi connectivity index (χ2n) is 1.79. The van der Waals surface area contributed by atoms with Crippen LogP contribution in [0, 0.1) is 3.57 Å². The largest absolute Gasteiger partial charge is 0.326 e. The summed E-state index contributed by atoms with van der Waals surface area (Å²) >= 11 is 2.21. The summed E-state index contributed by atoms with van der Waals surface area (Å²) in [7, 11) is 0. The van der Waals surface area contributed by atoms with Crippen LogP contribution in [0.15, 0.2) is 24.3 Å². The zero-order valence-corrected chi connectivity index (χ0v) is 7.00. The van der Waals surface area contributed by atoms with Crippen molar-refractivity contribution in [1.82, 2.24) is 0 Å². The lowest BCUT2D eigenvalue weighted by Gasteiger charge is -1.94. The molecule has 0 amide bonds. The lowest BCUT2D eigenvalue weighted by molar-refractivity contribution is 1.07. The first kappa shape index (κ1) is 4.68. The van der Waals surface area contributed by atoms with Crippen LogP contribution in [0.2, 0.25) is 2.82 Å². The number of benzene rings is 1. The first-order valence-corrected chi connectivity index (χ1v) is 3.76. The molecule has 0 fully saturated rings. The third-order valence-electron chi connectivity index (χ3n) is 1.07. The van der Waals surface area contributed by atoms with Crippen LogP contribution in [-0.2, 0) is 6.54 Å². The number of hydrogen-bond acceptors (Lipinski definition) is 1. The summed E-state index contributed by atoms with van der Waals surface area (Å²) in [4.78, 5) is 0. The molecule has 0 aromatic heterocycles. The first-order valence-electron chi connectivity index (χ1n) is 3.57. The zero-order chi connectivity index (χ0) is 8.27. The van der Waals surface area contributed by atoms with Crippen LogP contribution in [0.5, 0.6) is 0 Å². The van der Waals surface area contributed by atoms with E-state index in [0.29, 0.717) is 12.3 Å². The van der Waals surface area contributed by atoms with Crippen molar-refractivity contribution in [1.29, 1.82) is 0 Å². The molecule has 0 heterocycles. The fraction of sp³-hybridized carbons (Fsp3) is 0.143. The Bertz CT molecular complexity index is 240. The summed E-state index contributed by atoms with van der Waals surface area (Å²) in [5.41, 5.74) is 1.67. The van der Waals surface area contributed by atoms with E-state index in [1.54, 1.807) is 0 Å². The molecule has 2 N–H and O–H groups in total. The van der Waals surface area contributed by atoms with Gasteiger partial charge in [-0.05, 0) is 40.3 Å². The van der Waals surface area contributed by atoms with Crippen LogP contribution in [0.4, 0.5) is 0 Å². The van der Waals surface area contributed by atoms with Gasteiger partial charge >= 0.3 is 0 Å². The van der Waals surface area contributed by atoms with Gasteiger partial charge in [-0.2, -0.15) is 0 Å². The zero-order valence-electron chi connectivity index (χ0n) is 6.84. The fourth-order valence-electron chi connectivity index (χ4n) is 0.635. The summed E-state index contributed by atoms with van der Waals surface area (Å²) in [6, 6.07) is 7.80. The van der Waals surface area contributed by atoms with E-state index in [-0.39, 0.29) is 0 Å². The highest BCUT2D eigenvalue weighted by Gasteiger charge is 1.87. The number of rotatable bonds is 2. The molecular weight excluding hydrogens is 225 g/mol. The van der Waals surface area contributed by atoms with E-state index in [4.69, 9.17) is 2.82 Å². The van der Waals surface area contributed by atoms with E-state index in [9.17, 15) is 0 Å². The fourth-order valence-corrected chi connectivity index (χ4v) is 1.24. The van der Waals surface area contributed by atoms with Crippen LogP contribution >= 0.6 is 22.6 Å². The number of nitrogens with two attached hydrogens (primary N) is 1. The predicted octanol–water partition coefficient (Wildman–Crippen LogP) is 1.75. The Kier molecular flexibility index (Phi) is 1.65. The molecule has 0 saturated carbocycles. The van der Waals surface area contributed by atoms with Gasteiger partial charge in [-0.25, -0.2) is 0 Å². The summed E-state index contributed by atoms with van der Waals surface area (Å²) in [6.45, 7) is 0.358. The van der Waals surface area contributed by atoms with E-state index in [0.717, 1.165) is 9.13 Å². The van der Waals surface area contributed by atoms with Crippen LogP contribution in [-0.4, -0.2) is 0 Å². The first-order chi connectivity index (χ1) is 5.18. The van der Waals surface area contributed by atoms with E-state index >= 15 is 0 Å². The van der Waals surface area contributed by atoms with Crippen molar-refractivity contribution in [2.24, 2.45) is 5.72 Å². The Balaban J connectivity index is 2.71. The minimum absolute atomic E-state index is 0.358. The van der Waals surface area contributed by atoms with Crippen LogP contribution in [0.1, 0.15) is 5.56 Å². The maximum atomic E-state index is 6.88. The van der Waals surface area contributed by atoms with Gasteiger partial charge in [-0.3, -0.25) is 0 Å². The lowest BCUT2D eigenvalue weighted by atomic mass is 10.2. The molecule has 48 valence electrons. The van der Waals surface area contributed by atoms with Crippen LogP contribution in [0.25, 0.3) is 0 Å². The second-order valence-corrected chi connectivity index (χ2v) is 3.03. The topological polar surface area (TPSA) is 26.0 Å². The molecule has 2 heteroatoms. The highest BCUT2D eigenvalue weighted by atomic mass is 127. The van der Waals surface area contributed by atoms with Crippen molar-refractivity contribution in [3.63, 3.8) is 0 Å². The Morgan fingerprint density at radius 2 is 2.56 bits per heavy atom. The monoisotopic (exact) mass is 235 g/mol. The lowest BCUT2D eigenvalue weighted by Crippen LogP contribution is -1.95. The minimum atomic E-state index is 0.358. The second kappa shape index (κ2) is 3.17. The van der Waals surface area contributed by atoms with Gasteiger partial charge in [0.25, 0.3) is 0 Å².